The molecule has 0 unspecified atom stereocenters. The van der Waals surface area contributed by atoms with E-state index in [1.54, 1.807) is 6.92 Å². The number of hydrogen-bond acceptors (Lipinski definition) is 4. The minimum absolute atomic E-state index is 0.322. The molecule has 14 heavy (non-hydrogen) atoms. The number of aliphatic hydroxyl groups is 1. The number of amides is 1. The van der Waals surface area contributed by atoms with Crippen molar-refractivity contribution in [3.63, 3.8) is 0 Å². The number of hydrogen-bond donors (Lipinski definition) is 1. The Morgan fingerprint density at radius 1 is 1.50 bits per heavy atom. The summed E-state index contributed by atoms with van der Waals surface area (Å²) in [5.74, 6) is -0.432. The Morgan fingerprint density at radius 3 is 2.29 bits per heavy atom. The van der Waals surface area contributed by atoms with Crippen LogP contribution in [-0.2, 0) is 14.8 Å². The van der Waals surface area contributed by atoms with Crippen LogP contribution < -0.4 is 0 Å². The highest BCUT2D eigenvalue weighted by Gasteiger charge is 2.61. The number of carbonyl (C=O) groups excluding carboxylic acids is 1. The maximum absolute atomic E-state index is 11.6. The Kier molecular flexibility index (Phi) is 2.62. The number of nitrogens with zero attached hydrogens (tertiary/aromatic N) is 1. The van der Waals surface area contributed by atoms with Crippen molar-refractivity contribution in [3.05, 3.63) is 0 Å². The largest absolute Gasteiger partial charge is 0.394 e. The number of carbonyl (C=O) groups is 1. The average Bonchev–Trinajstić information content (AvgIpc) is 2.12. The van der Waals surface area contributed by atoms with E-state index in [1.807, 2.05) is 0 Å². The molecule has 6 heteroatoms. The minimum atomic E-state index is -3.55. The third kappa shape index (κ3) is 1.17. The molecular formula is C8H15NO4S. The van der Waals surface area contributed by atoms with Gasteiger partial charge >= 0.3 is 0 Å². The molecule has 0 radical (unpaired) electrons. The van der Waals surface area contributed by atoms with Crippen LogP contribution in [0.3, 0.4) is 0 Å². The Morgan fingerprint density at radius 2 is 2.00 bits per heavy atom. The SMILES string of the molecule is CC[C@H](CO)N1C(=O)C(C)(C)S1(=O)=O. The van der Waals surface area contributed by atoms with Gasteiger partial charge in [0.25, 0.3) is 15.9 Å². The van der Waals surface area contributed by atoms with Crippen molar-refractivity contribution >= 4 is 15.9 Å². The van der Waals surface area contributed by atoms with E-state index in [0.717, 1.165) is 4.31 Å². The molecule has 82 valence electrons. The van der Waals surface area contributed by atoms with E-state index < -0.39 is 26.7 Å². The standard InChI is InChI=1S/C8H15NO4S/c1-4-6(5-10)9-7(11)8(2,3)14(9,12)13/h6,10H,4-5H2,1-3H3/t6-/m1/s1. The van der Waals surface area contributed by atoms with Crippen molar-refractivity contribution < 1.29 is 18.3 Å². The number of aliphatic hydroxyl groups excluding tert-OH is 1. The molecule has 0 saturated carbocycles. The smallest absolute Gasteiger partial charge is 0.259 e. The fourth-order valence-electron chi connectivity index (χ4n) is 1.42. The molecule has 1 aliphatic heterocycles. The lowest BCUT2D eigenvalue weighted by Crippen LogP contribution is -2.70. The molecule has 1 heterocycles. The van der Waals surface area contributed by atoms with Crippen LogP contribution in [-0.4, -0.2) is 41.1 Å². The molecule has 1 amide bonds. The second kappa shape index (κ2) is 3.20. The van der Waals surface area contributed by atoms with Gasteiger partial charge < -0.3 is 5.11 Å². The van der Waals surface area contributed by atoms with Gasteiger partial charge in [-0.2, -0.15) is 0 Å². The summed E-state index contributed by atoms with van der Waals surface area (Å²) in [7, 11) is -3.55. The van der Waals surface area contributed by atoms with Gasteiger partial charge in [0.15, 0.2) is 4.75 Å². The fourth-order valence-corrected chi connectivity index (χ4v) is 3.16. The maximum Gasteiger partial charge on any atom is 0.259 e. The molecule has 1 atom stereocenters. The molecule has 0 aliphatic carbocycles. The van der Waals surface area contributed by atoms with E-state index in [1.165, 1.54) is 13.8 Å². The molecule has 1 N–H and O–H groups in total. The van der Waals surface area contributed by atoms with Crippen LogP contribution in [0.1, 0.15) is 27.2 Å². The van der Waals surface area contributed by atoms with E-state index in [-0.39, 0.29) is 6.61 Å². The van der Waals surface area contributed by atoms with Crippen LogP contribution >= 0.6 is 0 Å². The molecular weight excluding hydrogens is 206 g/mol. The lowest BCUT2D eigenvalue weighted by atomic mass is 10.1. The minimum Gasteiger partial charge on any atom is -0.394 e. The van der Waals surface area contributed by atoms with Gasteiger partial charge in [-0.05, 0) is 20.3 Å². The Bertz CT molecular complexity index is 342. The summed E-state index contributed by atoms with van der Waals surface area (Å²) in [6, 6.07) is -0.611. The van der Waals surface area contributed by atoms with E-state index >= 15 is 0 Å². The second-order valence-corrected chi connectivity index (χ2v) is 6.23. The molecule has 1 fully saturated rings. The van der Waals surface area contributed by atoms with Gasteiger partial charge in [-0.1, -0.05) is 6.92 Å². The highest BCUT2D eigenvalue weighted by Crippen LogP contribution is 2.36. The van der Waals surface area contributed by atoms with Crippen LogP contribution in [0, 0.1) is 0 Å². The zero-order valence-electron chi connectivity index (χ0n) is 8.52. The number of rotatable bonds is 3. The van der Waals surface area contributed by atoms with Crippen molar-refractivity contribution in [3.8, 4) is 0 Å². The van der Waals surface area contributed by atoms with Crippen molar-refractivity contribution in [2.45, 2.75) is 38.0 Å². The third-order valence-electron chi connectivity index (χ3n) is 2.63. The van der Waals surface area contributed by atoms with Gasteiger partial charge in [-0.15, -0.1) is 0 Å². The van der Waals surface area contributed by atoms with Crippen LogP contribution in [0.4, 0.5) is 0 Å². The summed E-state index contributed by atoms with van der Waals surface area (Å²) in [6.07, 6.45) is 0.428. The molecule has 5 nitrogen and oxygen atoms in total. The summed E-state index contributed by atoms with van der Waals surface area (Å²) in [4.78, 5) is 11.5. The molecule has 0 aromatic heterocycles. The van der Waals surface area contributed by atoms with Crippen LogP contribution in [0.2, 0.25) is 0 Å². The van der Waals surface area contributed by atoms with Gasteiger partial charge in [-0.25, -0.2) is 12.7 Å². The molecule has 0 aromatic rings. The van der Waals surface area contributed by atoms with E-state index in [9.17, 15) is 13.2 Å². The topological polar surface area (TPSA) is 74.7 Å². The summed E-state index contributed by atoms with van der Waals surface area (Å²) < 4.78 is 22.7. The van der Waals surface area contributed by atoms with Gasteiger partial charge in [0.2, 0.25) is 0 Å². The van der Waals surface area contributed by atoms with Crippen molar-refractivity contribution in [1.82, 2.24) is 4.31 Å². The zero-order chi connectivity index (χ0) is 11.1. The Labute approximate surface area is 83.8 Å². The Balaban J connectivity index is 3.02. The predicted molar refractivity (Wildman–Crippen MR) is 51.0 cm³/mol. The van der Waals surface area contributed by atoms with Crippen molar-refractivity contribution in [2.75, 3.05) is 6.61 Å². The van der Waals surface area contributed by atoms with Crippen LogP contribution in [0.25, 0.3) is 0 Å². The van der Waals surface area contributed by atoms with Gasteiger partial charge in [0.1, 0.15) is 0 Å². The molecule has 0 spiro atoms. The molecule has 1 aliphatic rings. The summed E-state index contributed by atoms with van der Waals surface area (Å²) in [5, 5.41) is 8.92. The quantitative estimate of drug-likeness (QED) is 0.710. The zero-order valence-corrected chi connectivity index (χ0v) is 9.34. The van der Waals surface area contributed by atoms with Gasteiger partial charge in [0, 0.05) is 0 Å². The summed E-state index contributed by atoms with van der Waals surface area (Å²) >= 11 is 0. The average molecular weight is 221 g/mol. The molecule has 1 rings (SSSR count). The summed E-state index contributed by atoms with van der Waals surface area (Å²) in [6.45, 7) is 4.17. The first-order valence-electron chi connectivity index (χ1n) is 4.50. The first-order valence-corrected chi connectivity index (χ1v) is 5.94. The van der Waals surface area contributed by atoms with E-state index in [4.69, 9.17) is 5.11 Å². The predicted octanol–water partition coefficient (Wildman–Crippen LogP) is -0.292. The van der Waals surface area contributed by atoms with Gasteiger partial charge in [-0.3, -0.25) is 4.79 Å². The van der Waals surface area contributed by atoms with Crippen LogP contribution in [0.5, 0.6) is 0 Å². The second-order valence-electron chi connectivity index (χ2n) is 3.86. The van der Waals surface area contributed by atoms with Crippen molar-refractivity contribution in [2.24, 2.45) is 0 Å². The maximum atomic E-state index is 11.6. The monoisotopic (exact) mass is 221 g/mol. The van der Waals surface area contributed by atoms with Crippen molar-refractivity contribution in [1.29, 1.82) is 0 Å². The lowest BCUT2D eigenvalue weighted by Gasteiger charge is -2.46. The highest BCUT2D eigenvalue weighted by atomic mass is 32.2. The molecule has 0 aromatic carbocycles. The first kappa shape index (κ1) is 11.5. The normalized spacial score (nSPS) is 25.7. The molecule has 0 bridgehead atoms. The fraction of sp³-hybridized carbons (Fsp3) is 0.875. The van der Waals surface area contributed by atoms with Gasteiger partial charge in [0.05, 0.1) is 12.6 Å². The molecule has 1 saturated heterocycles. The third-order valence-corrected chi connectivity index (χ3v) is 5.08. The lowest BCUT2D eigenvalue weighted by molar-refractivity contribution is -0.134. The summed E-state index contributed by atoms with van der Waals surface area (Å²) in [5.41, 5.74) is 0. The number of sulfonamides is 1. The highest BCUT2D eigenvalue weighted by molar-refractivity contribution is 7.94. The Hall–Kier alpha value is -0.620. The van der Waals surface area contributed by atoms with Crippen LogP contribution in [0.15, 0.2) is 0 Å². The van der Waals surface area contributed by atoms with E-state index in [0.29, 0.717) is 6.42 Å². The first-order chi connectivity index (χ1) is 6.30. The van der Waals surface area contributed by atoms with E-state index in [2.05, 4.69) is 0 Å².